The molecule has 0 unspecified atom stereocenters. The van der Waals surface area contributed by atoms with Crippen LogP contribution in [0.15, 0.2) is 59.4 Å². The zero-order chi connectivity index (χ0) is 19.8. The molecular weight excluding hydrogens is 356 g/mol. The van der Waals surface area contributed by atoms with Crippen molar-refractivity contribution in [1.29, 1.82) is 0 Å². The number of aryl methyl sites for hydroxylation is 2. The SMILES string of the molecule is Cn1c(CCc2ccccc2)nc2c(c1=O)C1(CCCCC1)Cc1ccccc1-2. The summed E-state index contributed by atoms with van der Waals surface area (Å²) in [6, 6.07) is 19.0. The predicted octanol–water partition coefficient (Wildman–Crippen LogP) is 4.99. The predicted molar refractivity (Wildman–Crippen MR) is 117 cm³/mol. The van der Waals surface area contributed by atoms with Crippen molar-refractivity contribution >= 4 is 0 Å². The van der Waals surface area contributed by atoms with Gasteiger partial charge in [0.05, 0.1) is 11.3 Å². The maximum atomic E-state index is 13.7. The van der Waals surface area contributed by atoms with Crippen LogP contribution in [0.2, 0.25) is 0 Å². The highest BCUT2D eigenvalue weighted by atomic mass is 16.1. The summed E-state index contributed by atoms with van der Waals surface area (Å²) in [5, 5.41) is 0. The van der Waals surface area contributed by atoms with Crippen LogP contribution >= 0.6 is 0 Å². The molecule has 0 bridgehead atoms. The summed E-state index contributed by atoms with van der Waals surface area (Å²) < 4.78 is 1.83. The topological polar surface area (TPSA) is 34.9 Å². The van der Waals surface area contributed by atoms with Crippen LogP contribution in [0, 0.1) is 0 Å². The molecule has 5 rings (SSSR count). The molecule has 3 aromatic rings. The summed E-state index contributed by atoms with van der Waals surface area (Å²) in [5.74, 6) is 0.889. The molecule has 1 saturated carbocycles. The fourth-order valence-electron chi connectivity index (χ4n) is 5.46. The Balaban J connectivity index is 1.64. The first-order chi connectivity index (χ1) is 14.2. The van der Waals surface area contributed by atoms with Gasteiger partial charge in [-0.2, -0.15) is 0 Å². The van der Waals surface area contributed by atoms with E-state index in [1.54, 1.807) is 0 Å². The molecule has 0 amide bonds. The quantitative estimate of drug-likeness (QED) is 0.638. The average molecular weight is 385 g/mol. The molecule has 0 aliphatic heterocycles. The van der Waals surface area contributed by atoms with E-state index in [4.69, 9.17) is 4.98 Å². The fourth-order valence-corrected chi connectivity index (χ4v) is 5.46. The molecule has 2 aliphatic carbocycles. The lowest BCUT2D eigenvalue weighted by Crippen LogP contribution is -2.43. The summed E-state index contributed by atoms with van der Waals surface area (Å²) in [6.45, 7) is 0. The van der Waals surface area contributed by atoms with Crippen LogP contribution in [0.4, 0.5) is 0 Å². The summed E-state index contributed by atoms with van der Waals surface area (Å²) >= 11 is 0. The second kappa shape index (κ2) is 7.29. The standard InChI is InChI=1S/C26H28N2O/c1-28-22(15-14-19-10-4-2-5-11-19)27-24-21-13-7-6-12-20(21)18-26(23(24)25(28)29)16-8-3-9-17-26/h2,4-7,10-13H,3,8-9,14-18H2,1H3. The Morgan fingerprint density at radius 1 is 0.931 bits per heavy atom. The number of aromatic nitrogens is 2. The maximum absolute atomic E-state index is 13.7. The van der Waals surface area contributed by atoms with Gasteiger partial charge in [-0.05, 0) is 36.8 Å². The first-order valence-electron chi connectivity index (χ1n) is 10.9. The Morgan fingerprint density at radius 3 is 2.45 bits per heavy atom. The minimum atomic E-state index is -0.0261. The molecule has 3 heteroatoms. The van der Waals surface area contributed by atoms with Crippen molar-refractivity contribution in [2.75, 3.05) is 0 Å². The second-order valence-corrected chi connectivity index (χ2v) is 8.78. The number of hydrogen-bond donors (Lipinski definition) is 0. The Kier molecular flexibility index (Phi) is 4.61. The fraction of sp³-hybridized carbons (Fsp3) is 0.385. The first kappa shape index (κ1) is 18.4. The highest BCUT2D eigenvalue weighted by Gasteiger charge is 2.43. The molecule has 148 valence electrons. The van der Waals surface area contributed by atoms with Crippen LogP contribution in [0.1, 0.15) is 54.6 Å². The number of fused-ring (bicyclic) bond motifs is 4. The molecule has 2 aromatic carbocycles. The molecule has 1 spiro atoms. The van der Waals surface area contributed by atoms with Crippen molar-refractivity contribution in [3.8, 4) is 11.3 Å². The highest BCUT2D eigenvalue weighted by molar-refractivity contribution is 5.71. The van der Waals surface area contributed by atoms with E-state index in [0.717, 1.165) is 54.7 Å². The van der Waals surface area contributed by atoms with Crippen molar-refractivity contribution in [1.82, 2.24) is 9.55 Å². The van der Waals surface area contributed by atoms with Crippen molar-refractivity contribution in [3.63, 3.8) is 0 Å². The maximum Gasteiger partial charge on any atom is 0.257 e. The van der Waals surface area contributed by atoms with Crippen LogP contribution in [-0.4, -0.2) is 9.55 Å². The summed E-state index contributed by atoms with van der Waals surface area (Å²) in [6.07, 6.45) is 8.56. The molecule has 0 saturated heterocycles. The van der Waals surface area contributed by atoms with E-state index in [0.29, 0.717) is 0 Å². The molecule has 0 atom stereocenters. The van der Waals surface area contributed by atoms with Gasteiger partial charge in [-0.1, -0.05) is 73.9 Å². The van der Waals surface area contributed by atoms with E-state index < -0.39 is 0 Å². The van der Waals surface area contributed by atoms with Gasteiger partial charge >= 0.3 is 0 Å². The first-order valence-corrected chi connectivity index (χ1v) is 10.9. The Bertz CT molecular complexity index is 1090. The monoisotopic (exact) mass is 384 g/mol. The molecule has 1 aromatic heterocycles. The van der Waals surface area contributed by atoms with Gasteiger partial charge in [0.15, 0.2) is 0 Å². The molecular formula is C26H28N2O. The third-order valence-corrected chi connectivity index (χ3v) is 7.01. The van der Waals surface area contributed by atoms with Gasteiger partial charge in [0.1, 0.15) is 5.82 Å². The summed E-state index contributed by atoms with van der Waals surface area (Å²) in [7, 11) is 1.91. The van der Waals surface area contributed by atoms with Gasteiger partial charge in [0.2, 0.25) is 0 Å². The van der Waals surface area contributed by atoms with E-state index in [1.807, 2.05) is 17.7 Å². The third-order valence-electron chi connectivity index (χ3n) is 7.01. The molecule has 2 aliphatic rings. The minimum Gasteiger partial charge on any atom is -0.300 e. The number of benzene rings is 2. The van der Waals surface area contributed by atoms with Crippen LogP contribution in [0.3, 0.4) is 0 Å². The number of rotatable bonds is 3. The lowest BCUT2D eigenvalue weighted by molar-refractivity contribution is 0.283. The van der Waals surface area contributed by atoms with Crippen molar-refractivity contribution in [2.45, 2.75) is 56.8 Å². The zero-order valence-corrected chi connectivity index (χ0v) is 17.2. The van der Waals surface area contributed by atoms with Crippen LogP contribution in [0.5, 0.6) is 0 Å². The molecule has 0 radical (unpaired) electrons. The Labute approximate surface area is 172 Å². The molecule has 3 nitrogen and oxygen atoms in total. The van der Waals surface area contributed by atoms with E-state index in [1.165, 1.54) is 30.4 Å². The van der Waals surface area contributed by atoms with Crippen LogP contribution < -0.4 is 5.56 Å². The van der Waals surface area contributed by atoms with Gasteiger partial charge in [-0.15, -0.1) is 0 Å². The smallest absolute Gasteiger partial charge is 0.257 e. The largest absolute Gasteiger partial charge is 0.300 e. The van der Waals surface area contributed by atoms with Crippen LogP contribution in [0.25, 0.3) is 11.3 Å². The number of nitrogens with zero attached hydrogens (tertiary/aromatic N) is 2. The summed E-state index contributed by atoms with van der Waals surface area (Å²) in [4.78, 5) is 18.8. The average Bonchev–Trinajstić information content (AvgIpc) is 2.76. The second-order valence-electron chi connectivity index (χ2n) is 8.78. The number of hydrogen-bond acceptors (Lipinski definition) is 2. The third kappa shape index (κ3) is 3.13. The zero-order valence-electron chi connectivity index (χ0n) is 17.2. The molecule has 1 fully saturated rings. The normalized spacial score (nSPS) is 17.0. The summed E-state index contributed by atoms with van der Waals surface area (Å²) in [5.41, 5.74) is 5.90. The van der Waals surface area contributed by atoms with Crippen molar-refractivity contribution in [3.05, 3.63) is 87.5 Å². The van der Waals surface area contributed by atoms with Gasteiger partial charge in [0, 0.05) is 24.4 Å². The van der Waals surface area contributed by atoms with Gasteiger partial charge < -0.3 is 0 Å². The van der Waals surface area contributed by atoms with Gasteiger partial charge in [0.25, 0.3) is 5.56 Å². The molecule has 29 heavy (non-hydrogen) atoms. The van der Waals surface area contributed by atoms with Crippen molar-refractivity contribution in [2.24, 2.45) is 7.05 Å². The van der Waals surface area contributed by atoms with E-state index >= 15 is 0 Å². The lowest BCUT2D eigenvalue weighted by atomic mass is 9.62. The molecule has 1 heterocycles. The Hall–Kier alpha value is -2.68. The van der Waals surface area contributed by atoms with E-state index in [-0.39, 0.29) is 11.0 Å². The Morgan fingerprint density at radius 2 is 1.66 bits per heavy atom. The van der Waals surface area contributed by atoms with Gasteiger partial charge in [-0.25, -0.2) is 4.98 Å². The van der Waals surface area contributed by atoms with Gasteiger partial charge in [-0.3, -0.25) is 9.36 Å². The van der Waals surface area contributed by atoms with E-state index in [9.17, 15) is 4.79 Å². The highest BCUT2D eigenvalue weighted by Crippen LogP contribution is 2.48. The molecule has 0 N–H and O–H groups in total. The van der Waals surface area contributed by atoms with Crippen molar-refractivity contribution < 1.29 is 0 Å². The lowest BCUT2D eigenvalue weighted by Gasteiger charge is -2.42. The minimum absolute atomic E-state index is 0.0261. The van der Waals surface area contributed by atoms with Crippen LogP contribution in [-0.2, 0) is 31.7 Å². The van der Waals surface area contributed by atoms with E-state index in [2.05, 4.69) is 48.5 Å².